The number of aryl methyl sites for hydroxylation is 2. The average Bonchev–Trinajstić information content (AvgIpc) is 2.79. The summed E-state index contributed by atoms with van der Waals surface area (Å²) in [5.74, 6) is -0.689. The van der Waals surface area contributed by atoms with E-state index in [0.29, 0.717) is 0 Å². The summed E-state index contributed by atoms with van der Waals surface area (Å²) in [6, 6.07) is 0. The van der Waals surface area contributed by atoms with Crippen LogP contribution in [-0.2, 0) is 24.8 Å². The Morgan fingerprint density at radius 2 is 2.10 bits per heavy atom. The van der Waals surface area contributed by atoms with Crippen molar-refractivity contribution in [3.8, 4) is 0 Å². The molecule has 0 radical (unpaired) electrons. The molecule has 1 aromatic rings. The molecule has 0 aliphatic heterocycles. The predicted octanol–water partition coefficient (Wildman–Crippen LogP) is 2.59. The van der Waals surface area contributed by atoms with Gasteiger partial charge < -0.3 is 5.11 Å². The van der Waals surface area contributed by atoms with Gasteiger partial charge >= 0.3 is 5.97 Å². The normalized spacial score (nSPS) is 18.1. The molecule has 2 rings (SSSR count). The van der Waals surface area contributed by atoms with E-state index in [1.54, 1.807) is 0 Å². The SMILES string of the molecule is CCc1nn(C)cc1CN(C)C1(CC(=O)O)CCCCC1. The molecule has 1 aliphatic carbocycles. The standard InChI is InChI=1S/C16H27N3O2/c1-4-14-13(12-19(3)17-14)11-18(2)16(10-15(20)21)8-6-5-7-9-16/h12H,4-11H2,1-3H3,(H,20,21). The molecular formula is C16H27N3O2. The molecule has 0 atom stereocenters. The zero-order valence-electron chi connectivity index (χ0n) is 13.4. The van der Waals surface area contributed by atoms with Crippen LogP contribution in [0, 0.1) is 0 Å². The zero-order chi connectivity index (χ0) is 15.5. The van der Waals surface area contributed by atoms with Crippen LogP contribution < -0.4 is 0 Å². The molecule has 5 nitrogen and oxygen atoms in total. The fraction of sp³-hybridized carbons (Fsp3) is 0.750. The second kappa shape index (κ2) is 6.60. The van der Waals surface area contributed by atoms with E-state index < -0.39 is 5.97 Å². The van der Waals surface area contributed by atoms with Gasteiger partial charge in [0.2, 0.25) is 0 Å². The van der Waals surface area contributed by atoms with E-state index in [-0.39, 0.29) is 12.0 Å². The number of carboxylic acids is 1. The van der Waals surface area contributed by atoms with E-state index in [2.05, 4.69) is 30.2 Å². The summed E-state index contributed by atoms with van der Waals surface area (Å²) in [4.78, 5) is 13.6. The van der Waals surface area contributed by atoms with Gasteiger partial charge in [0.1, 0.15) is 0 Å². The van der Waals surface area contributed by atoms with Crippen molar-refractivity contribution in [2.75, 3.05) is 7.05 Å². The van der Waals surface area contributed by atoms with Crippen molar-refractivity contribution in [1.29, 1.82) is 0 Å². The molecule has 118 valence electrons. The van der Waals surface area contributed by atoms with Gasteiger partial charge in [0, 0.05) is 30.9 Å². The smallest absolute Gasteiger partial charge is 0.305 e. The first-order chi connectivity index (χ1) is 9.97. The van der Waals surface area contributed by atoms with E-state index in [1.807, 2.05) is 11.7 Å². The Balaban J connectivity index is 2.17. The van der Waals surface area contributed by atoms with Gasteiger partial charge in [-0.2, -0.15) is 5.10 Å². The predicted molar refractivity (Wildman–Crippen MR) is 82.1 cm³/mol. The molecule has 0 saturated heterocycles. The van der Waals surface area contributed by atoms with E-state index in [4.69, 9.17) is 0 Å². The second-order valence-corrected chi connectivity index (χ2v) is 6.34. The Kier molecular flexibility index (Phi) is 5.04. The topological polar surface area (TPSA) is 58.4 Å². The first-order valence-corrected chi connectivity index (χ1v) is 7.91. The van der Waals surface area contributed by atoms with Crippen molar-refractivity contribution in [2.45, 2.75) is 64.0 Å². The molecule has 1 saturated carbocycles. The van der Waals surface area contributed by atoms with Crippen LogP contribution in [0.25, 0.3) is 0 Å². The van der Waals surface area contributed by atoms with E-state index in [0.717, 1.165) is 44.3 Å². The fourth-order valence-electron chi connectivity index (χ4n) is 3.62. The van der Waals surface area contributed by atoms with Gasteiger partial charge in [-0.3, -0.25) is 14.4 Å². The molecule has 1 aromatic heterocycles. The molecule has 1 heterocycles. The number of carbonyl (C=O) groups is 1. The van der Waals surface area contributed by atoms with Crippen LogP contribution >= 0.6 is 0 Å². The molecule has 0 unspecified atom stereocenters. The Labute approximate surface area is 126 Å². The summed E-state index contributed by atoms with van der Waals surface area (Å²) in [6.07, 6.45) is 8.67. The van der Waals surface area contributed by atoms with Gasteiger partial charge in [-0.05, 0) is 26.3 Å². The van der Waals surface area contributed by atoms with Gasteiger partial charge in [0.25, 0.3) is 0 Å². The summed E-state index contributed by atoms with van der Waals surface area (Å²) in [5, 5.41) is 13.8. The molecule has 5 heteroatoms. The number of aromatic nitrogens is 2. The maximum atomic E-state index is 11.3. The van der Waals surface area contributed by atoms with Gasteiger partial charge in [-0.1, -0.05) is 26.2 Å². The lowest BCUT2D eigenvalue weighted by atomic mass is 9.78. The molecule has 21 heavy (non-hydrogen) atoms. The van der Waals surface area contributed by atoms with Gasteiger partial charge in [-0.15, -0.1) is 0 Å². The highest BCUT2D eigenvalue weighted by Gasteiger charge is 2.38. The molecule has 1 fully saturated rings. The highest BCUT2D eigenvalue weighted by atomic mass is 16.4. The number of rotatable bonds is 6. The van der Waals surface area contributed by atoms with Crippen molar-refractivity contribution < 1.29 is 9.90 Å². The zero-order valence-corrected chi connectivity index (χ0v) is 13.4. The number of carboxylic acid groups (broad SMARTS) is 1. The summed E-state index contributed by atoms with van der Waals surface area (Å²) >= 11 is 0. The Morgan fingerprint density at radius 1 is 1.43 bits per heavy atom. The van der Waals surface area contributed by atoms with Crippen LogP contribution in [0.15, 0.2) is 6.20 Å². The van der Waals surface area contributed by atoms with Gasteiger partial charge in [-0.25, -0.2) is 0 Å². The second-order valence-electron chi connectivity index (χ2n) is 6.34. The first-order valence-electron chi connectivity index (χ1n) is 7.91. The monoisotopic (exact) mass is 293 g/mol. The fourth-order valence-corrected chi connectivity index (χ4v) is 3.62. The Bertz CT molecular complexity index is 490. The van der Waals surface area contributed by atoms with Crippen LogP contribution in [0.2, 0.25) is 0 Å². The summed E-state index contributed by atoms with van der Waals surface area (Å²) in [6.45, 7) is 2.89. The van der Waals surface area contributed by atoms with Crippen LogP contribution in [0.1, 0.15) is 56.7 Å². The summed E-state index contributed by atoms with van der Waals surface area (Å²) in [5.41, 5.74) is 2.15. The third-order valence-corrected chi connectivity index (χ3v) is 4.81. The van der Waals surface area contributed by atoms with Gasteiger partial charge in [0.15, 0.2) is 0 Å². The minimum absolute atomic E-state index is 0.190. The molecule has 1 N–H and O–H groups in total. The molecule has 0 bridgehead atoms. The molecule has 0 aromatic carbocycles. The van der Waals surface area contributed by atoms with E-state index >= 15 is 0 Å². The molecule has 0 amide bonds. The van der Waals surface area contributed by atoms with Gasteiger partial charge in [0.05, 0.1) is 12.1 Å². The average molecular weight is 293 g/mol. The minimum atomic E-state index is -0.689. The van der Waals surface area contributed by atoms with Crippen LogP contribution in [0.4, 0.5) is 0 Å². The van der Waals surface area contributed by atoms with E-state index in [9.17, 15) is 9.90 Å². The number of aliphatic carboxylic acids is 1. The van der Waals surface area contributed by atoms with Crippen LogP contribution in [-0.4, -0.2) is 38.3 Å². The number of hydrogen-bond donors (Lipinski definition) is 1. The molecule has 1 aliphatic rings. The van der Waals surface area contributed by atoms with Crippen LogP contribution in [0.3, 0.4) is 0 Å². The van der Waals surface area contributed by atoms with Crippen molar-refractivity contribution in [3.63, 3.8) is 0 Å². The largest absolute Gasteiger partial charge is 0.481 e. The minimum Gasteiger partial charge on any atom is -0.481 e. The van der Waals surface area contributed by atoms with Crippen molar-refractivity contribution in [2.24, 2.45) is 7.05 Å². The highest BCUT2D eigenvalue weighted by Crippen LogP contribution is 2.36. The Morgan fingerprint density at radius 3 is 2.67 bits per heavy atom. The lowest BCUT2D eigenvalue weighted by molar-refractivity contribution is -0.141. The van der Waals surface area contributed by atoms with Crippen molar-refractivity contribution >= 4 is 5.97 Å². The lowest BCUT2D eigenvalue weighted by Crippen LogP contribution is -2.49. The third-order valence-electron chi connectivity index (χ3n) is 4.81. The first kappa shape index (κ1) is 16.0. The van der Waals surface area contributed by atoms with E-state index in [1.165, 1.54) is 12.0 Å². The summed E-state index contributed by atoms with van der Waals surface area (Å²) < 4.78 is 1.85. The maximum Gasteiger partial charge on any atom is 0.305 e. The van der Waals surface area contributed by atoms with Crippen molar-refractivity contribution in [3.05, 3.63) is 17.5 Å². The third kappa shape index (κ3) is 3.64. The number of nitrogens with zero attached hydrogens (tertiary/aromatic N) is 3. The quantitative estimate of drug-likeness (QED) is 0.876. The lowest BCUT2D eigenvalue weighted by Gasteiger charge is -2.44. The van der Waals surface area contributed by atoms with Crippen molar-refractivity contribution in [1.82, 2.24) is 14.7 Å². The molecule has 0 spiro atoms. The molecular weight excluding hydrogens is 266 g/mol. The summed E-state index contributed by atoms with van der Waals surface area (Å²) in [7, 11) is 4.01. The Hall–Kier alpha value is -1.36. The maximum absolute atomic E-state index is 11.3. The van der Waals surface area contributed by atoms with Crippen LogP contribution in [0.5, 0.6) is 0 Å². The number of hydrogen-bond acceptors (Lipinski definition) is 3. The highest BCUT2D eigenvalue weighted by molar-refractivity contribution is 5.68.